The average molecular weight is 274 g/mol. The van der Waals surface area contributed by atoms with Crippen molar-refractivity contribution in [3.8, 4) is 0 Å². The van der Waals surface area contributed by atoms with Crippen LogP contribution >= 0.6 is 11.3 Å². The fraction of sp³-hybridized carbons (Fsp3) is 0.533. The highest BCUT2D eigenvalue weighted by atomic mass is 32.1. The van der Waals surface area contributed by atoms with Crippen molar-refractivity contribution in [2.24, 2.45) is 5.92 Å². The van der Waals surface area contributed by atoms with Gasteiger partial charge in [0.1, 0.15) is 0 Å². The van der Waals surface area contributed by atoms with E-state index >= 15 is 0 Å². The Kier molecular flexibility index (Phi) is 2.74. The first-order valence-electron chi connectivity index (χ1n) is 7.13. The lowest BCUT2D eigenvalue weighted by atomic mass is 9.90. The smallest absolute Gasteiger partial charge is 0.199 e. The minimum atomic E-state index is 0.167. The van der Waals surface area contributed by atoms with E-state index in [1.165, 1.54) is 32.4 Å². The van der Waals surface area contributed by atoms with Gasteiger partial charge in [-0.1, -0.05) is 0 Å². The van der Waals surface area contributed by atoms with Crippen LogP contribution in [-0.4, -0.2) is 29.1 Å². The number of thiophene rings is 1. The molecule has 3 fully saturated rings. The maximum absolute atomic E-state index is 11.9. The minimum Gasteiger partial charge on any atom is -0.342 e. The molecule has 19 heavy (non-hydrogen) atoms. The van der Waals surface area contributed by atoms with Gasteiger partial charge in [-0.15, -0.1) is 11.3 Å². The normalized spacial score (nSPS) is 30.6. The average Bonchev–Trinajstić information content (AvgIpc) is 2.71. The maximum atomic E-state index is 11.9. The number of hydrogen-bond acceptors (Lipinski definition) is 3. The number of piperidine rings is 1. The molecule has 0 N–H and O–H groups in total. The lowest BCUT2D eigenvalue weighted by molar-refractivity contribution is 0.159. The van der Waals surface area contributed by atoms with Crippen molar-refractivity contribution in [2.75, 3.05) is 19.6 Å². The Morgan fingerprint density at radius 3 is 3.11 bits per heavy atom. The van der Waals surface area contributed by atoms with Gasteiger partial charge in [0.05, 0.1) is 10.2 Å². The number of fused-ring (bicyclic) bond motifs is 5. The molecular formula is C15H18N2OS. The molecule has 3 saturated heterocycles. The van der Waals surface area contributed by atoms with Gasteiger partial charge in [-0.2, -0.15) is 0 Å². The SMILES string of the molecule is O=c1ccn(C2CN3CCCC2CC3)c2ccsc12. The third-order valence-corrected chi connectivity index (χ3v) is 5.66. The molecule has 3 aliphatic rings. The molecular weight excluding hydrogens is 256 g/mol. The molecule has 4 heteroatoms. The van der Waals surface area contributed by atoms with Crippen LogP contribution in [0.4, 0.5) is 0 Å². The quantitative estimate of drug-likeness (QED) is 0.799. The van der Waals surface area contributed by atoms with Gasteiger partial charge in [0.2, 0.25) is 0 Å². The zero-order valence-electron chi connectivity index (χ0n) is 10.9. The third-order valence-electron chi connectivity index (χ3n) is 4.74. The van der Waals surface area contributed by atoms with Crippen LogP contribution in [0.25, 0.3) is 10.2 Å². The third kappa shape index (κ3) is 1.85. The van der Waals surface area contributed by atoms with E-state index in [0.717, 1.165) is 22.7 Å². The molecule has 5 rings (SSSR count). The van der Waals surface area contributed by atoms with Gasteiger partial charge in [0.15, 0.2) is 5.43 Å². The van der Waals surface area contributed by atoms with Gasteiger partial charge in [0, 0.05) is 24.8 Å². The Balaban J connectivity index is 1.84. The zero-order chi connectivity index (χ0) is 12.8. The van der Waals surface area contributed by atoms with Crippen LogP contribution in [0.3, 0.4) is 0 Å². The van der Waals surface area contributed by atoms with Crippen LogP contribution < -0.4 is 5.43 Å². The molecule has 0 radical (unpaired) electrons. The van der Waals surface area contributed by atoms with Crippen LogP contribution in [0.1, 0.15) is 25.3 Å². The second kappa shape index (κ2) is 4.46. The number of aromatic nitrogens is 1. The fourth-order valence-corrected chi connectivity index (χ4v) is 4.57. The molecule has 2 bridgehead atoms. The monoisotopic (exact) mass is 274 g/mol. The van der Waals surface area contributed by atoms with Crippen molar-refractivity contribution < 1.29 is 0 Å². The van der Waals surface area contributed by atoms with Crippen LogP contribution in [0.15, 0.2) is 28.5 Å². The highest BCUT2D eigenvalue weighted by Gasteiger charge is 2.33. The summed E-state index contributed by atoms with van der Waals surface area (Å²) >= 11 is 1.57. The summed E-state index contributed by atoms with van der Waals surface area (Å²) in [5.41, 5.74) is 1.30. The summed E-state index contributed by atoms with van der Waals surface area (Å²) in [6.45, 7) is 3.66. The summed E-state index contributed by atoms with van der Waals surface area (Å²) in [5, 5.41) is 2.04. The Morgan fingerprint density at radius 2 is 2.16 bits per heavy atom. The van der Waals surface area contributed by atoms with E-state index in [4.69, 9.17) is 0 Å². The maximum Gasteiger partial charge on any atom is 0.199 e. The van der Waals surface area contributed by atoms with Crippen molar-refractivity contribution in [1.29, 1.82) is 0 Å². The summed E-state index contributed by atoms with van der Waals surface area (Å²) in [6.07, 6.45) is 5.99. The standard InChI is InChI=1S/C15H18N2OS/c18-14-4-8-17(12-5-9-19-15(12)14)13-10-16-6-1-2-11(13)3-7-16/h4-5,8-9,11,13H,1-3,6-7,10H2. The van der Waals surface area contributed by atoms with Gasteiger partial charge >= 0.3 is 0 Å². The van der Waals surface area contributed by atoms with Gasteiger partial charge in [-0.3, -0.25) is 4.79 Å². The molecule has 0 aromatic carbocycles. The molecule has 3 aliphatic heterocycles. The first-order valence-corrected chi connectivity index (χ1v) is 8.01. The summed E-state index contributed by atoms with van der Waals surface area (Å²) in [5.74, 6) is 0.782. The minimum absolute atomic E-state index is 0.167. The largest absolute Gasteiger partial charge is 0.342 e. The lowest BCUT2D eigenvalue weighted by Crippen LogP contribution is -2.39. The summed E-state index contributed by atoms with van der Waals surface area (Å²) in [7, 11) is 0. The van der Waals surface area contributed by atoms with Gasteiger partial charge in [-0.05, 0) is 49.7 Å². The first-order chi connectivity index (χ1) is 9.33. The second-order valence-electron chi connectivity index (χ2n) is 5.78. The molecule has 3 atom stereocenters. The summed E-state index contributed by atoms with van der Waals surface area (Å²) in [4.78, 5) is 14.5. The number of nitrogens with zero attached hydrogens (tertiary/aromatic N) is 2. The zero-order valence-corrected chi connectivity index (χ0v) is 11.7. The highest BCUT2D eigenvalue weighted by Crippen LogP contribution is 2.36. The van der Waals surface area contributed by atoms with E-state index in [-0.39, 0.29) is 5.43 Å². The molecule has 2 aromatic rings. The van der Waals surface area contributed by atoms with Crippen LogP contribution in [0.5, 0.6) is 0 Å². The van der Waals surface area contributed by atoms with Gasteiger partial charge in [-0.25, -0.2) is 0 Å². The number of hydrogen-bond donors (Lipinski definition) is 0. The molecule has 3 nitrogen and oxygen atoms in total. The number of rotatable bonds is 1. The van der Waals surface area contributed by atoms with Crippen molar-refractivity contribution in [1.82, 2.24) is 9.47 Å². The van der Waals surface area contributed by atoms with E-state index in [9.17, 15) is 4.79 Å². The highest BCUT2D eigenvalue weighted by molar-refractivity contribution is 7.17. The van der Waals surface area contributed by atoms with Crippen LogP contribution in [0.2, 0.25) is 0 Å². The van der Waals surface area contributed by atoms with Gasteiger partial charge < -0.3 is 9.47 Å². The van der Waals surface area contributed by atoms with E-state index in [1.807, 2.05) is 11.6 Å². The van der Waals surface area contributed by atoms with Crippen molar-refractivity contribution in [2.45, 2.75) is 25.3 Å². The van der Waals surface area contributed by atoms with E-state index in [0.29, 0.717) is 6.04 Å². The predicted octanol–water partition coefficient (Wildman–Crippen LogP) is 2.72. The predicted molar refractivity (Wildman–Crippen MR) is 78.9 cm³/mol. The van der Waals surface area contributed by atoms with Crippen molar-refractivity contribution in [3.05, 3.63) is 33.9 Å². The fourth-order valence-electron chi connectivity index (χ4n) is 3.76. The van der Waals surface area contributed by atoms with Gasteiger partial charge in [0.25, 0.3) is 0 Å². The Labute approximate surface area is 116 Å². The van der Waals surface area contributed by atoms with Crippen molar-refractivity contribution in [3.63, 3.8) is 0 Å². The Bertz CT molecular complexity index is 655. The van der Waals surface area contributed by atoms with Crippen molar-refractivity contribution >= 4 is 21.6 Å². The van der Waals surface area contributed by atoms with E-state index < -0.39 is 0 Å². The molecule has 0 amide bonds. The topological polar surface area (TPSA) is 25.2 Å². The molecule has 0 spiro atoms. The molecule has 0 saturated carbocycles. The lowest BCUT2D eigenvalue weighted by Gasteiger charge is -2.36. The Morgan fingerprint density at radius 1 is 1.21 bits per heavy atom. The molecule has 100 valence electrons. The molecule has 2 aromatic heterocycles. The van der Waals surface area contributed by atoms with E-state index in [2.05, 4.69) is 15.5 Å². The summed E-state index contributed by atoms with van der Waals surface area (Å²) in [6, 6.07) is 4.40. The first kappa shape index (κ1) is 11.7. The van der Waals surface area contributed by atoms with Crippen LogP contribution in [-0.2, 0) is 0 Å². The molecule has 0 aliphatic carbocycles. The Hall–Kier alpha value is -1.13. The second-order valence-corrected chi connectivity index (χ2v) is 6.70. The molecule has 3 unspecified atom stereocenters. The van der Waals surface area contributed by atoms with Crippen LogP contribution in [0, 0.1) is 5.92 Å². The number of pyridine rings is 1. The summed E-state index contributed by atoms with van der Waals surface area (Å²) < 4.78 is 3.28. The van der Waals surface area contributed by atoms with E-state index in [1.54, 1.807) is 17.4 Å². The molecule has 5 heterocycles.